The third-order valence-electron chi connectivity index (χ3n) is 2.39. The molecule has 4 nitrogen and oxygen atoms in total. The van der Waals surface area contributed by atoms with Crippen molar-refractivity contribution >= 4 is 0 Å². The van der Waals surface area contributed by atoms with Gasteiger partial charge >= 0.3 is 0 Å². The minimum absolute atomic E-state index is 0.293. The SMILES string of the molecule is CCc1nnc([C@@H]2CCCCN2)o1. The van der Waals surface area contributed by atoms with Gasteiger partial charge in [-0.3, -0.25) is 0 Å². The van der Waals surface area contributed by atoms with Gasteiger partial charge in [0.05, 0.1) is 6.04 Å². The molecule has 0 saturated carbocycles. The molecule has 1 saturated heterocycles. The Morgan fingerprint density at radius 3 is 3.00 bits per heavy atom. The number of nitrogens with one attached hydrogen (secondary N) is 1. The fourth-order valence-corrected chi connectivity index (χ4v) is 1.61. The maximum absolute atomic E-state index is 5.49. The van der Waals surface area contributed by atoms with Crippen molar-refractivity contribution in [2.45, 2.75) is 38.6 Å². The van der Waals surface area contributed by atoms with Crippen LogP contribution in [-0.2, 0) is 6.42 Å². The topological polar surface area (TPSA) is 51.0 Å². The molecular formula is C9H15N3O. The highest BCUT2D eigenvalue weighted by molar-refractivity contribution is 4.91. The number of piperidine rings is 1. The minimum atomic E-state index is 0.293. The quantitative estimate of drug-likeness (QED) is 0.750. The number of aromatic nitrogens is 2. The van der Waals surface area contributed by atoms with E-state index in [1.165, 1.54) is 12.8 Å². The van der Waals surface area contributed by atoms with Crippen molar-refractivity contribution in [1.29, 1.82) is 0 Å². The summed E-state index contributed by atoms with van der Waals surface area (Å²) in [6.07, 6.45) is 4.44. The van der Waals surface area contributed by atoms with Crippen molar-refractivity contribution in [2.75, 3.05) is 6.54 Å². The van der Waals surface area contributed by atoms with Gasteiger partial charge in [-0.05, 0) is 19.4 Å². The molecule has 1 aliphatic heterocycles. The molecule has 72 valence electrons. The first kappa shape index (κ1) is 8.69. The van der Waals surface area contributed by atoms with Crippen LogP contribution in [0.15, 0.2) is 4.42 Å². The van der Waals surface area contributed by atoms with Crippen molar-refractivity contribution < 1.29 is 4.42 Å². The Morgan fingerprint density at radius 1 is 1.46 bits per heavy atom. The molecule has 1 N–H and O–H groups in total. The van der Waals surface area contributed by atoms with E-state index in [0.29, 0.717) is 6.04 Å². The number of hydrogen-bond donors (Lipinski definition) is 1. The van der Waals surface area contributed by atoms with E-state index < -0.39 is 0 Å². The van der Waals surface area contributed by atoms with Gasteiger partial charge in [-0.2, -0.15) is 0 Å². The van der Waals surface area contributed by atoms with Crippen molar-refractivity contribution in [2.24, 2.45) is 0 Å². The number of rotatable bonds is 2. The van der Waals surface area contributed by atoms with Gasteiger partial charge in [0.15, 0.2) is 0 Å². The molecule has 0 aromatic carbocycles. The van der Waals surface area contributed by atoms with E-state index in [9.17, 15) is 0 Å². The second kappa shape index (κ2) is 3.87. The van der Waals surface area contributed by atoms with Crippen LogP contribution in [0.4, 0.5) is 0 Å². The van der Waals surface area contributed by atoms with Crippen molar-refractivity contribution in [1.82, 2.24) is 15.5 Å². The van der Waals surface area contributed by atoms with Gasteiger partial charge in [0.2, 0.25) is 11.8 Å². The van der Waals surface area contributed by atoms with Crippen LogP contribution in [-0.4, -0.2) is 16.7 Å². The number of nitrogens with zero attached hydrogens (tertiary/aromatic N) is 2. The van der Waals surface area contributed by atoms with Crippen molar-refractivity contribution in [3.8, 4) is 0 Å². The average molecular weight is 181 g/mol. The van der Waals surface area contributed by atoms with E-state index in [2.05, 4.69) is 15.5 Å². The summed E-state index contributed by atoms with van der Waals surface area (Å²) in [4.78, 5) is 0. The maximum atomic E-state index is 5.49. The van der Waals surface area contributed by atoms with Crippen LogP contribution < -0.4 is 5.32 Å². The average Bonchev–Trinajstić information content (AvgIpc) is 2.67. The van der Waals surface area contributed by atoms with E-state index in [-0.39, 0.29) is 0 Å². The molecule has 0 bridgehead atoms. The van der Waals surface area contributed by atoms with Crippen LogP contribution >= 0.6 is 0 Å². The summed E-state index contributed by atoms with van der Waals surface area (Å²) in [5.41, 5.74) is 0. The zero-order chi connectivity index (χ0) is 9.10. The second-order valence-corrected chi connectivity index (χ2v) is 3.39. The Bertz CT molecular complexity index is 266. The first-order valence-corrected chi connectivity index (χ1v) is 4.96. The van der Waals surface area contributed by atoms with Gasteiger partial charge in [-0.15, -0.1) is 10.2 Å². The lowest BCUT2D eigenvalue weighted by molar-refractivity contribution is 0.330. The number of hydrogen-bond acceptors (Lipinski definition) is 4. The summed E-state index contributed by atoms with van der Waals surface area (Å²) in [5, 5.41) is 11.4. The summed E-state index contributed by atoms with van der Waals surface area (Å²) in [6.45, 7) is 3.08. The molecule has 2 rings (SSSR count). The van der Waals surface area contributed by atoms with Crippen LogP contribution in [0, 0.1) is 0 Å². The molecule has 2 heterocycles. The van der Waals surface area contributed by atoms with E-state index in [1.54, 1.807) is 0 Å². The smallest absolute Gasteiger partial charge is 0.233 e. The highest BCUT2D eigenvalue weighted by Gasteiger charge is 2.19. The fourth-order valence-electron chi connectivity index (χ4n) is 1.61. The van der Waals surface area contributed by atoms with Gasteiger partial charge in [0, 0.05) is 6.42 Å². The van der Waals surface area contributed by atoms with Gasteiger partial charge in [-0.25, -0.2) is 0 Å². The molecule has 0 radical (unpaired) electrons. The molecule has 4 heteroatoms. The lowest BCUT2D eigenvalue weighted by Crippen LogP contribution is -2.26. The van der Waals surface area contributed by atoms with Crippen molar-refractivity contribution in [3.63, 3.8) is 0 Å². The first-order valence-electron chi connectivity index (χ1n) is 4.96. The van der Waals surface area contributed by atoms with Crippen LogP contribution in [0.3, 0.4) is 0 Å². The maximum Gasteiger partial charge on any atom is 0.233 e. The van der Waals surface area contributed by atoms with Gasteiger partial charge in [0.1, 0.15) is 0 Å². The summed E-state index contributed by atoms with van der Waals surface area (Å²) in [5.74, 6) is 1.50. The van der Waals surface area contributed by atoms with Crippen molar-refractivity contribution in [3.05, 3.63) is 11.8 Å². The molecule has 0 aliphatic carbocycles. The first-order chi connectivity index (χ1) is 6.40. The van der Waals surface area contributed by atoms with Crippen LogP contribution in [0.2, 0.25) is 0 Å². The lowest BCUT2D eigenvalue weighted by atomic mass is 10.1. The zero-order valence-corrected chi connectivity index (χ0v) is 7.92. The van der Waals surface area contributed by atoms with E-state index in [0.717, 1.165) is 31.2 Å². The molecule has 1 aromatic heterocycles. The van der Waals surface area contributed by atoms with Gasteiger partial charge in [0.25, 0.3) is 0 Å². The highest BCUT2D eigenvalue weighted by atomic mass is 16.4. The van der Waals surface area contributed by atoms with E-state index >= 15 is 0 Å². The largest absolute Gasteiger partial charge is 0.424 e. The zero-order valence-electron chi connectivity index (χ0n) is 7.92. The van der Waals surface area contributed by atoms with E-state index in [4.69, 9.17) is 4.42 Å². The molecule has 1 atom stereocenters. The molecule has 13 heavy (non-hydrogen) atoms. The Hall–Kier alpha value is -0.900. The monoisotopic (exact) mass is 181 g/mol. The summed E-state index contributed by atoms with van der Waals surface area (Å²) in [6, 6.07) is 0.293. The van der Waals surface area contributed by atoms with Gasteiger partial charge < -0.3 is 9.73 Å². The second-order valence-electron chi connectivity index (χ2n) is 3.39. The molecule has 1 aliphatic rings. The normalized spacial score (nSPS) is 23.3. The predicted molar refractivity (Wildman–Crippen MR) is 48.3 cm³/mol. The molecule has 1 aromatic rings. The molecular weight excluding hydrogens is 166 g/mol. The van der Waals surface area contributed by atoms with Crippen LogP contribution in [0.25, 0.3) is 0 Å². The third-order valence-corrected chi connectivity index (χ3v) is 2.39. The summed E-state index contributed by atoms with van der Waals surface area (Å²) < 4.78 is 5.49. The van der Waals surface area contributed by atoms with E-state index in [1.807, 2.05) is 6.92 Å². The molecule has 0 unspecified atom stereocenters. The fraction of sp³-hybridized carbons (Fsp3) is 0.778. The summed E-state index contributed by atoms with van der Waals surface area (Å²) in [7, 11) is 0. The standard InChI is InChI=1S/C9H15N3O/c1-2-8-11-12-9(13-8)7-5-3-4-6-10-7/h7,10H,2-6H2,1H3/t7-/m0/s1. The molecule has 0 spiro atoms. The van der Waals surface area contributed by atoms with Crippen LogP contribution in [0.1, 0.15) is 44.0 Å². The minimum Gasteiger partial charge on any atom is -0.424 e. The van der Waals surface area contributed by atoms with Gasteiger partial charge in [-0.1, -0.05) is 13.3 Å². The Morgan fingerprint density at radius 2 is 2.38 bits per heavy atom. The highest BCUT2D eigenvalue weighted by Crippen LogP contribution is 2.21. The molecule has 1 fully saturated rings. The third kappa shape index (κ3) is 1.88. The van der Waals surface area contributed by atoms with Crippen LogP contribution in [0.5, 0.6) is 0 Å². The Kier molecular flexibility index (Phi) is 2.59. The lowest BCUT2D eigenvalue weighted by Gasteiger charge is -2.19. The Balaban J connectivity index is 2.05. The summed E-state index contributed by atoms with van der Waals surface area (Å²) >= 11 is 0. The number of aryl methyl sites for hydroxylation is 1. The predicted octanol–water partition coefficient (Wildman–Crippen LogP) is 1.45. The Labute approximate surface area is 77.7 Å². The molecule has 0 amide bonds.